The molecule has 1 aromatic carbocycles. The molecule has 0 saturated heterocycles. The summed E-state index contributed by atoms with van der Waals surface area (Å²) in [5.41, 5.74) is 1.24. The van der Waals surface area contributed by atoms with Gasteiger partial charge in [-0.2, -0.15) is 0 Å². The standard InChI is InChI=1S/C19H25O3P/c1-5-11-6-7-12(22-23)10-13(11)15-16(20)14-8-9-19(4,17(15)21)18(14,2)3/h6-7,10,14-15H,5,8-9,23H2,1-4H3. The van der Waals surface area contributed by atoms with E-state index in [-0.39, 0.29) is 22.9 Å². The molecule has 3 rings (SSSR count). The van der Waals surface area contributed by atoms with E-state index < -0.39 is 11.3 Å². The Kier molecular flexibility index (Phi) is 3.92. The Hall–Kier alpha value is -1.21. The molecule has 2 aliphatic carbocycles. The minimum Gasteiger partial charge on any atom is -0.480 e. The molecule has 4 atom stereocenters. The highest BCUT2D eigenvalue weighted by Gasteiger charge is 2.64. The number of hydrogen-bond donors (Lipinski definition) is 0. The Morgan fingerprint density at radius 1 is 1.26 bits per heavy atom. The van der Waals surface area contributed by atoms with Gasteiger partial charge in [0.25, 0.3) is 0 Å². The molecule has 0 aromatic heterocycles. The highest BCUT2D eigenvalue weighted by Crippen LogP contribution is 2.62. The molecule has 2 bridgehead atoms. The van der Waals surface area contributed by atoms with E-state index in [0.717, 1.165) is 30.4 Å². The SMILES string of the molecule is CCc1ccc(OP)cc1C1C(=O)C2CCC(C)(C1=O)C2(C)C. The van der Waals surface area contributed by atoms with E-state index in [2.05, 4.69) is 37.2 Å². The lowest BCUT2D eigenvalue weighted by atomic mass is 9.54. The van der Waals surface area contributed by atoms with Gasteiger partial charge in [-0.1, -0.05) is 33.8 Å². The maximum absolute atomic E-state index is 13.3. The fourth-order valence-corrected chi connectivity index (χ4v) is 4.77. The molecule has 0 spiro atoms. The fraction of sp³-hybridized carbons (Fsp3) is 0.579. The lowest BCUT2D eigenvalue weighted by Crippen LogP contribution is -2.52. The first-order valence-electron chi connectivity index (χ1n) is 8.35. The van der Waals surface area contributed by atoms with Crippen molar-refractivity contribution in [2.75, 3.05) is 0 Å². The van der Waals surface area contributed by atoms with E-state index in [1.54, 1.807) is 0 Å². The summed E-state index contributed by atoms with van der Waals surface area (Å²) in [5, 5.41) is 0. The molecule has 0 aliphatic heterocycles. The van der Waals surface area contributed by atoms with Crippen LogP contribution in [0, 0.1) is 16.7 Å². The van der Waals surface area contributed by atoms with Crippen LogP contribution in [-0.2, 0) is 16.0 Å². The van der Waals surface area contributed by atoms with E-state index in [0.29, 0.717) is 5.75 Å². The van der Waals surface area contributed by atoms with Gasteiger partial charge in [0.2, 0.25) is 0 Å². The molecular formula is C19H25O3P. The van der Waals surface area contributed by atoms with Crippen molar-refractivity contribution in [3.8, 4) is 5.75 Å². The predicted octanol–water partition coefficient (Wildman–Crippen LogP) is 4.10. The van der Waals surface area contributed by atoms with Crippen molar-refractivity contribution in [1.29, 1.82) is 0 Å². The zero-order valence-corrected chi connectivity index (χ0v) is 15.5. The molecule has 0 amide bonds. The van der Waals surface area contributed by atoms with Crippen LogP contribution < -0.4 is 4.52 Å². The number of hydrogen-bond acceptors (Lipinski definition) is 3. The quantitative estimate of drug-likeness (QED) is 0.618. The summed E-state index contributed by atoms with van der Waals surface area (Å²) in [7, 11) is 2.22. The van der Waals surface area contributed by atoms with Crippen molar-refractivity contribution in [3.05, 3.63) is 29.3 Å². The highest BCUT2D eigenvalue weighted by molar-refractivity contribution is 7.10. The topological polar surface area (TPSA) is 43.4 Å². The summed E-state index contributed by atoms with van der Waals surface area (Å²) in [5.74, 6) is 0.212. The van der Waals surface area contributed by atoms with Gasteiger partial charge in [-0.15, -0.1) is 0 Å². The lowest BCUT2D eigenvalue weighted by molar-refractivity contribution is -0.149. The molecule has 0 N–H and O–H groups in total. The summed E-state index contributed by atoms with van der Waals surface area (Å²) in [6, 6.07) is 5.72. The number of Topliss-reactive ketones (excluding diaryl/α,β-unsaturated/α-hetero) is 2. The first kappa shape index (κ1) is 16.6. The third-order valence-electron chi connectivity index (χ3n) is 6.61. The predicted molar refractivity (Wildman–Crippen MR) is 93.5 cm³/mol. The van der Waals surface area contributed by atoms with Crippen molar-refractivity contribution in [3.63, 3.8) is 0 Å². The molecule has 2 fully saturated rings. The van der Waals surface area contributed by atoms with Gasteiger partial charge in [-0.05, 0) is 47.9 Å². The average Bonchev–Trinajstić information content (AvgIpc) is 2.71. The van der Waals surface area contributed by atoms with Gasteiger partial charge in [-0.3, -0.25) is 9.59 Å². The second-order valence-corrected chi connectivity index (χ2v) is 7.91. The Bertz CT molecular complexity index is 679. The molecule has 3 nitrogen and oxygen atoms in total. The Morgan fingerprint density at radius 3 is 2.57 bits per heavy atom. The number of ketones is 2. The monoisotopic (exact) mass is 332 g/mol. The summed E-state index contributed by atoms with van der Waals surface area (Å²) >= 11 is 0. The molecule has 2 aliphatic rings. The van der Waals surface area contributed by atoms with E-state index >= 15 is 0 Å². The van der Waals surface area contributed by atoms with Crippen LogP contribution in [0.3, 0.4) is 0 Å². The molecule has 124 valence electrons. The van der Waals surface area contributed by atoms with Crippen LogP contribution in [0.4, 0.5) is 0 Å². The maximum atomic E-state index is 13.3. The molecule has 4 unspecified atom stereocenters. The molecular weight excluding hydrogens is 307 g/mol. The summed E-state index contributed by atoms with van der Waals surface area (Å²) < 4.78 is 5.25. The number of carbonyl (C=O) groups is 2. The number of aryl methyl sites for hydroxylation is 1. The Labute approximate surface area is 140 Å². The third kappa shape index (κ3) is 2.12. The lowest BCUT2D eigenvalue weighted by Gasteiger charge is -2.46. The Morgan fingerprint density at radius 2 is 1.96 bits per heavy atom. The number of benzene rings is 1. The van der Waals surface area contributed by atoms with Crippen LogP contribution in [0.1, 0.15) is 57.6 Å². The second kappa shape index (κ2) is 5.41. The van der Waals surface area contributed by atoms with E-state index in [1.807, 2.05) is 18.2 Å². The fourth-order valence-electron chi connectivity index (χ4n) is 4.62. The molecule has 4 heteroatoms. The first-order valence-corrected chi connectivity index (χ1v) is 8.82. The summed E-state index contributed by atoms with van der Waals surface area (Å²) in [6.07, 6.45) is 2.44. The van der Waals surface area contributed by atoms with Gasteiger partial charge < -0.3 is 4.52 Å². The van der Waals surface area contributed by atoms with Crippen LogP contribution in [-0.4, -0.2) is 11.6 Å². The molecule has 0 radical (unpaired) electrons. The van der Waals surface area contributed by atoms with Crippen LogP contribution in [0.15, 0.2) is 18.2 Å². The van der Waals surface area contributed by atoms with E-state index in [1.165, 1.54) is 0 Å². The minimum atomic E-state index is -0.629. The second-order valence-electron chi connectivity index (χ2n) is 7.68. The smallest absolute Gasteiger partial charge is 0.154 e. The van der Waals surface area contributed by atoms with Crippen molar-refractivity contribution < 1.29 is 14.1 Å². The van der Waals surface area contributed by atoms with Crippen LogP contribution in [0.25, 0.3) is 0 Å². The average molecular weight is 332 g/mol. The summed E-state index contributed by atoms with van der Waals surface area (Å²) in [6.45, 7) is 8.27. The highest BCUT2D eigenvalue weighted by atomic mass is 31.0. The Balaban J connectivity index is 2.15. The van der Waals surface area contributed by atoms with E-state index in [4.69, 9.17) is 4.52 Å². The van der Waals surface area contributed by atoms with Crippen molar-refractivity contribution in [1.82, 2.24) is 0 Å². The first-order chi connectivity index (χ1) is 10.8. The van der Waals surface area contributed by atoms with Crippen LogP contribution in [0.5, 0.6) is 5.75 Å². The molecule has 1 aromatic rings. The van der Waals surface area contributed by atoms with E-state index in [9.17, 15) is 9.59 Å². The van der Waals surface area contributed by atoms with Gasteiger partial charge in [-0.25, -0.2) is 0 Å². The molecule has 2 saturated carbocycles. The van der Waals surface area contributed by atoms with Crippen LogP contribution >= 0.6 is 9.47 Å². The van der Waals surface area contributed by atoms with Crippen molar-refractivity contribution >= 4 is 21.0 Å². The minimum absolute atomic E-state index is 0.0273. The third-order valence-corrected chi connectivity index (χ3v) is 6.88. The molecule has 0 heterocycles. The zero-order valence-electron chi connectivity index (χ0n) is 14.3. The molecule has 23 heavy (non-hydrogen) atoms. The largest absolute Gasteiger partial charge is 0.480 e. The van der Waals surface area contributed by atoms with Crippen molar-refractivity contribution in [2.45, 2.75) is 52.9 Å². The maximum Gasteiger partial charge on any atom is 0.154 e. The van der Waals surface area contributed by atoms with Gasteiger partial charge >= 0.3 is 0 Å². The van der Waals surface area contributed by atoms with Crippen LogP contribution in [0.2, 0.25) is 0 Å². The number of fused-ring (bicyclic) bond motifs is 2. The van der Waals surface area contributed by atoms with Gasteiger partial charge in [0.05, 0.1) is 9.47 Å². The van der Waals surface area contributed by atoms with Gasteiger partial charge in [0.15, 0.2) is 11.6 Å². The van der Waals surface area contributed by atoms with Crippen molar-refractivity contribution in [2.24, 2.45) is 16.7 Å². The van der Waals surface area contributed by atoms with Gasteiger partial charge in [0, 0.05) is 11.3 Å². The summed E-state index contributed by atoms with van der Waals surface area (Å²) in [4.78, 5) is 26.5. The number of rotatable bonds is 3. The van der Waals surface area contributed by atoms with Gasteiger partial charge in [0.1, 0.15) is 11.7 Å². The number of carbonyl (C=O) groups excluding carboxylic acids is 2. The zero-order chi connectivity index (χ0) is 17.0. The normalized spacial score (nSPS) is 32.2.